The summed E-state index contributed by atoms with van der Waals surface area (Å²) < 4.78 is 50.1. The topological polar surface area (TPSA) is 46.5 Å². The highest BCUT2D eigenvalue weighted by Crippen LogP contribution is 2.52. The zero-order chi connectivity index (χ0) is 21.9. The second kappa shape index (κ2) is 9.11. The van der Waals surface area contributed by atoms with Crippen LogP contribution in [0.25, 0.3) is 11.1 Å². The first-order valence-corrected chi connectivity index (χ1v) is 10.5. The first kappa shape index (κ1) is 22.2. The van der Waals surface area contributed by atoms with Gasteiger partial charge in [0.15, 0.2) is 11.6 Å². The maximum Gasteiger partial charge on any atom is 0.345 e. The van der Waals surface area contributed by atoms with Gasteiger partial charge in [-0.3, -0.25) is 0 Å². The lowest BCUT2D eigenvalue weighted by molar-refractivity contribution is 0.0515. The predicted octanol–water partition coefficient (Wildman–Crippen LogP) is 6.66. The number of hydrogen-bond acceptors (Lipinski definition) is 3. The summed E-state index contributed by atoms with van der Waals surface area (Å²) in [6.45, 7) is 3.46. The Morgan fingerprint density at radius 3 is 2.33 bits per heavy atom. The third-order valence-electron chi connectivity index (χ3n) is 6.05. The van der Waals surface area contributed by atoms with Gasteiger partial charge in [0.1, 0.15) is 17.1 Å². The fourth-order valence-corrected chi connectivity index (χ4v) is 4.83. The van der Waals surface area contributed by atoms with Gasteiger partial charge in [-0.15, -0.1) is 0 Å². The zero-order valence-electron chi connectivity index (χ0n) is 17.4. The van der Waals surface area contributed by atoms with Gasteiger partial charge in [0, 0.05) is 16.7 Å². The number of aromatic hydroxyl groups is 1. The van der Waals surface area contributed by atoms with E-state index in [0.717, 1.165) is 25.7 Å². The van der Waals surface area contributed by atoms with Crippen LogP contribution in [0.2, 0.25) is 0 Å². The average molecular weight is 420 g/mol. The van der Waals surface area contributed by atoms with Crippen LogP contribution >= 0.6 is 0 Å². The summed E-state index contributed by atoms with van der Waals surface area (Å²) in [6.07, 6.45) is 5.33. The number of carbonyl (C=O) groups is 1. The molecule has 0 atom stereocenters. The SMILES string of the molecule is CCCC1(c2c(O)c(C(=O)OCC)c(F)c(F)c2-c2ccccc2F)CCCCC1. The van der Waals surface area contributed by atoms with E-state index in [2.05, 4.69) is 0 Å². The number of ether oxygens (including phenoxy) is 1. The molecule has 1 aliphatic carbocycles. The van der Waals surface area contributed by atoms with E-state index in [9.17, 15) is 14.3 Å². The highest BCUT2D eigenvalue weighted by Gasteiger charge is 2.42. The van der Waals surface area contributed by atoms with Crippen molar-refractivity contribution in [1.82, 2.24) is 0 Å². The molecule has 0 amide bonds. The number of hydrogen-bond donors (Lipinski definition) is 1. The van der Waals surface area contributed by atoms with Gasteiger partial charge < -0.3 is 9.84 Å². The minimum atomic E-state index is -1.52. The van der Waals surface area contributed by atoms with E-state index in [0.29, 0.717) is 19.3 Å². The molecule has 0 saturated heterocycles. The second-order valence-electron chi connectivity index (χ2n) is 7.89. The number of carbonyl (C=O) groups excluding carboxylic acids is 1. The van der Waals surface area contributed by atoms with Crippen molar-refractivity contribution in [2.75, 3.05) is 6.61 Å². The molecule has 3 nitrogen and oxygen atoms in total. The molecule has 0 aromatic heterocycles. The molecule has 1 fully saturated rings. The quantitative estimate of drug-likeness (QED) is 0.532. The Morgan fingerprint density at radius 1 is 1.07 bits per heavy atom. The lowest BCUT2D eigenvalue weighted by Gasteiger charge is -2.40. The maximum atomic E-state index is 15.5. The summed E-state index contributed by atoms with van der Waals surface area (Å²) in [6, 6.07) is 5.52. The molecule has 1 aliphatic rings. The summed E-state index contributed by atoms with van der Waals surface area (Å²) in [5, 5.41) is 11.1. The molecule has 0 spiro atoms. The monoisotopic (exact) mass is 420 g/mol. The van der Waals surface area contributed by atoms with Crippen molar-refractivity contribution < 1.29 is 27.8 Å². The van der Waals surface area contributed by atoms with Crippen molar-refractivity contribution in [3.8, 4) is 16.9 Å². The first-order valence-electron chi connectivity index (χ1n) is 10.5. The Labute approximate surface area is 174 Å². The van der Waals surface area contributed by atoms with E-state index >= 15 is 8.78 Å². The maximum absolute atomic E-state index is 15.5. The minimum Gasteiger partial charge on any atom is -0.507 e. The van der Waals surface area contributed by atoms with Gasteiger partial charge in [0.2, 0.25) is 0 Å². The standard InChI is InChI=1S/C24H27F3O3/c1-3-12-24(13-8-5-9-14-24)19-17(15-10-6-7-11-16(15)25)20(26)21(27)18(22(19)28)23(29)30-4-2/h6-7,10-11,28H,3-5,8-9,12-14H2,1-2H3. The lowest BCUT2D eigenvalue weighted by Crippen LogP contribution is -2.31. The van der Waals surface area contributed by atoms with Crippen LogP contribution in [0.1, 0.15) is 74.7 Å². The Morgan fingerprint density at radius 2 is 1.73 bits per heavy atom. The van der Waals surface area contributed by atoms with E-state index in [1.54, 1.807) is 0 Å². The van der Waals surface area contributed by atoms with Crippen molar-refractivity contribution in [2.45, 2.75) is 64.2 Å². The fraction of sp³-hybridized carbons (Fsp3) is 0.458. The number of phenols is 1. The van der Waals surface area contributed by atoms with Crippen LogP contribution in [0, 0.1) is 17.5 Å². The number of benzene rings is 2. The van der Waals surface area contributed by atoms with Gasteiger partial charge >= 0.3 is 5.97 Å². The van der Waals surface area contributed by atoms with Gasteiger partial charge in [0.05, 0.1) is 6.61 Å². The molecular weight excluding hydrogens is 393 g/mol. The van der Waals surface area contributed by atoms with E-state index < -0.39 is 40.1 Å². The zero-order valence-corrected chi connectivity index (χ0v) is 17.4. The Balaban J connectivity index is 2.42. The van der Waals surface area contributed by atoms with Crippen molar-refractivity contribution in [3.05, 3.63) is 52.8 Å². The molecule has 0 bridgehead atoms. The third-order valence-corrected chi connectivity index (χ3v) is 6.05. The predicted molar refractivity (Wildman–Crippen MR) is 109 cm³/mol. The van der Waals surface area contributed by atoms with Crippen LogP contribution in [0.4, 0.5) is 13.2 Å². The van der Waals surface area contributed by atoms with E-state index in [1.165, 1.54) is 31.2 Å². The molecule has 0 heterocycles. The molecule has 2 aromatic carbocycles. The molecule has 1 saturated carbocycles. The van der Waals surface area contributed by atoms with Crippen molar-refractivity contribution >= 4 is 5.97 Å². The highest BCUT2D eigenvalue weighted by atomic mass is 19.2. The largest absolute Gasteiger partial charge is 0.507 e. The second-order valence-corrected chi connectivity index (χ2v) is 7.89. The third kappa shape index (κ3) is 3.80. The van der Waals surface area contributed by atoms with E-state index in [4.69, 9.17) is 4.74 Å². The summed E-state index contributed by atoms with van der Waals surface area (Å²) >= 11 is 0. The van der Waals surface area contributed by atoms with Gasteiger partial charge in [-0.05, 0) is 37.7 Å². The number of phenolic OH excluding ortho intramolecular Hbond substituents is 1. The number of halogens is 3. The van der Waals surface area contributed by atoms with Crippen molar-refractivity contribution in [2.24, 2.45) is 0 Å². The molecule has 2 aromatic rings. The Hall–Kier alpha value is -2.50. The molecular formula is C24H27F3O3. The molecule has 0 unspecified atom stereocenters. The summed E-state index contributed by atoms with van der Waals surface area (Å²) in [5.74, 6) is -5.34. The minimum absolute atomic E-state index is 0.0518. The van der Waals surface area contributed by atoms with Crippen LogP contribution in [-0.4, -0.2) is 17.7 Å². The number of rotatable bonds is 6. The first-order chi connectivity index (χ1) is 14.4. The average Bonchev–Trinajstić information content (AvgIpc) is 2.72. The van der Waals surface area contributed by atoms with Gasteiger partial charge in [0.25, 0.3) is 0 Å². The lowest BCUT2D eigenvalue weighted by atomic mass is 9.64. The Bertz CT molecular complexity index is 928. The summed E-state index contributed by atoms with van der Waals surface area (Å²) in [5.41, 5.74) is -1.80. The molecule has 0 aliphatic heterocycles. The molecule has 30 heavy (non-hydrogen) atoms. The molecule has 3 rings (SSSR count). The van der Waals surface area contributed by atoms with Gasteiger partial charge in [-0.25, -0.2) is 18.0 Å². The smallest absolute Gasteiger partial charge is 0.345 e. The van der Waals surface area contributed by atoms with Crippen molar-refractivity contribution in [1.29, 1.82) is 0 Å². The van der Waals surface area contributed by atoms with E-state index in [1.807, 2.05) is 6.92 Å². The molecule has 162 valence electrons. The van der Waals surface area contributed by atoms with Gasteiger partial charge in [-0.2, -0.15) is 0 Å². The van der Waals surface area contributed by atoms with Crippen LogP contribution in [0.3, 0.4) is 0 Å². The fourth-order valence-electron chi connectivity index (χ4n) is 4.83. The summed E-state index contributed by atoms with van der Waals surface area (Å²) in [7, 11) is 0. The number of esters is 1. The Kier molecular flexibility index (Phi) is 6.74. The molecule has 0 radical (unpaired) electrons. The van der Waals surface area contributed by atoms with Crippen LogP contribution in [0.5, 0.6) is 5.75 Å². The van der Waals surface area contributed by atoms with Crippen LogP contribution < -0.4 is 0 Å². The highest BCUT2D eigenvalue weighted by molar-refractivity contribution is 5.95. The van der Waals surface area contributed by atoms with Crippen LogP contribution in [-0.2, 0) is 10.2 Å². The normalized spacial score (nSPS) is 15.8. The van der Waals surface area contributed by atoms with E-state index in [-0.39, 0.29) is 23.3 Å². The van der Waals surface area contributed by atoms with Crippen LogP contribution in [0.15, 0.2) is 24.3 Å². The summed E-state index contributed by atoms with van der Waals surface area (Å²) in [4.78, 5) is 12.4. The van der Waals surface area contributed by atoms with Gasteiger partial charge in [-0.1, -0.05) is 50.8 Å². The molecule has 6 heteroatoms. The molecule has 1 N–H and O–H groups in total. The van der Waals surface area contributed by atoms with Crippen molar-refractivity contribution in [3.63, 3.8) is 0 Å².